The predicted molar refractivity (Wildman–Crippen MR) is 97.1 cm³/mol. The number of carbonyl (C=O) groups excluding carboxylic acids is 1. The van der Waals surface area contributed by atoms with Crippen molar-refractivity contribution in [2.75, 3.05) is 0 Å². The predicted octanol–water partition coefficient (Wildman–Crippen LogP) is 5.16. The van der Waals surface area contributed by atoms with E-state index in [0.717, 1.165) is 11.1 Å². The lowest BCUT2D eigenvalue weighted by molar-refractivity contribution is -0.132. The number of carbonyl (C=O) groups is 1. The highest BCUT2D eigenvalue weighted by Crippen LogP contribution is 2.17. The molecule has 0 atom stereocenters. The number of furan rings is 1. The Balaban J connectivity index is 1.65. The van der Waals surface area contributed by atoms with Crippen molar-refractivity contribution in [2.45, 2.75) is 25.9 Å². The largest absolute Gasteiger partial charge is 0.472 e. The summed E-state index contributed by atoms with van der Waals surface area (Å²) < 4.78 is 5.12. The zero-order valence-electron chi connectivity index (χ0n) is 13.2. The van der Waals surface area contributed by atoms with Crippen LogP contribution in [0.4, 0.5) is 0 Å². The van der Waals surface area contributed by atoms with E-state index in [9.17, 15) is 4.79 Å². The van der Waals surface area contributed by atoms with Gasteiger partial charge in [-0.1, -0.05) is 29.8 Å². The molecule has 0 bridgehead atoms. The topological polar surface area (TPSA) is 33.5 Å². The summed E-state index contributed by atoms with van der Waals surface area (Å²) in [7, 11) is 0. The Morgan fingerprint density at radius 3 is 2.75 bits per heavy atom. The molecule has 2 heterocycles. The lowest BCUT2D eigenvalue weighted by Gasteiger charge is -2.21. The summed E-state index contributed by atoms with van der Waals surface area (Å²) in [4.78, 5) is 15.8. The first-order valence-corrected chi connectivity index (χ1v) is 9.02. The van der Waals surface area contributed by atoms with E-state index in [1.165, 1.54) is 4.88 Å². The molecule has 0 unspecified atom stereocenters. The van der Waals surface area contributed by atoms with Crippen LogP contribution in [-0.2, 0) is 24.3 Å². The Morgan fingerprint density at radius 1 is 1.12 bits per heavy atom. The standard InChI is InChI=1S/C19H18ClNO2S/c20-17-4-1-3-15(11-17)6-7-19(22)21(12-16-8-9-23-14-16)13-18-5-2-10-24-18/h1-5,8-11,14H,6-7,12-13H2. The number of hydrogen-bond donors (Lipinski definition) is 0. The number of nitrogens with zero attached hydrogens (tertiary/aromatic N) is 1. The normalized spacial score (nSPS) is 10.7. The van der Waals surface area contributed by atoms with Crippen molar-refractivity contribution >= 4 is 28.8 Å². The number of benzene rings is 1. The van der Waals surface area contributed by atoms with Gasteiger partial charge in [0.25, 0.3) is 0 Å². The molecular weight excluding hydrogens is 342 g/mol. The van der Waals surface area contributed by atoms with Gasteiger partial charge in [0.05, 0.1) is 19.1 Å². The maximum atomic E-state index is 12.7. The molecule has 5 heteroatoms. The van der Waals surface area contributed by atoms with Crippen LogP contribution in [0, 0.1) is 0 Å². The van der Waals surface area contributed by atoms with Crippen molar-refractivity contribution in [1.29, 1.82) is 0 Å². The van der Waals surface area contributed by atoms with Crippen LogP contribution < -0.4 is 0 Å². The van der Waals surface area contributed by atoms with E-state index in [0.29, 0.717) is 31.0 Å². The summed E-state index contributed by atoms with van der Waals surface area (Å²) in [6.07, 6.45) is 4.47. The van der Waals surface area contributed by atoms with Gasteiger partial charge in [0, 0.05) is 28.4 Å². The van der Waals surface area contributed by atoms with E-state index >= 15 is 0 Å². The van der Waals surface area contributed by atoms with E-state index in [4.69, 9.17) is 16.0 Å². The van der Waals surface area contributed by atoms with E-state index in [1.807, 2.05) is 46.7 Å². The molecule has 0 aliphatic heterocycles. The van der Waals surface area contributed by atoms with Crippen molar-refractivity contribution in [1.82, 2.24) is 4.90 Å². The molecule has 24 heavy (non-hydrogen) atoms. The van der Waals surface area contributed by atoms with Crippen LogP contribution >= 0.6 is 22.9 Å². The average Bonchev–Trinajstić information content (AvgIpc) is 3.26. The molecule has 0 N–H and O–H groups in total. The lowest BCUT2D eigenvalue weighted by Crippen LogP contribution is -2.29. The maximum Gasteiger partial charge on any atom is 0.223 e. The fourth-order valence-corrected chi connectivity index (χ4v) is 3.46. The Hall–Kier alpha value is -2.04. The minimum absolute atomic E-state index is 0.129. The summed E-state index contributed by atoms with van der Waals surface area (Å²) in [5.74, 6) is 0.129. The van der Waals surface area contributed by atoms with E-state index in [2.05, 4.69) is 6.07 Å². The highest BCUT2D eigenvalue weighted by atomic mass is 35.5. The third kappa shape index (κ3) is 4.73. The molecule has 3 aromatic rings. The number of aryl methyl sites for hydroxylation is 1. The molecule has 124 valence electrons. The van der Waals surface area contributed by atoms with Crippen LogP contribution in [0.5, 0.6) is 0 Å². The summed E-state index contributed by atoms with van der Waals surface area (Å²) in [6.45, 7) is 1.18. The molecule has 0 saturated carbocycles. The van der Waals surface area contributed by atoms with Crippen LogP contribution in [0.15, 0.2) is 64.8 Å². The molecule has 3 nitrogen and oxygen atoms in total. The molecule has 2 aromatic heterocycles. The number of amides is 1. The van der Waals surface area contributed by atoms with Crippen molar-refractivity contribution in [2.24, 2.45) is 0 Å². The van der Waals surface area contributed by atoms with Crippen LogP contribution in [0.3, 0.4) is 0 Å². The van der Waals surface area contributed by atoms with Crippen molar-refractivity contribution in [3.8, 4) is 0 Å². The van der Waals surface area contributed by atoms with E-state index < -0.39 is 0 Å². The molecule has 0 radical (unpaired) electrons. The van der Waals surface area contributed by atoms with Crippen LogP contribution in [0.1, 0.15) is 22.4 Å². The second-order valence-electron chi connectivity index (χ2n) is 5.59. The van der Waals surface area contributed by atoms with Crippen LogP contribution in [-0.4, -0.2) is 10.8 Å². The summed E-state index contributed by atoms with van der Waals surface area (Å²) >= 11 is 7.67. The highest BCUT2D eigenvalue weighted by Gasteiger charge is 2.16. The van der Waals surface area contributed by atoms with Gasteiger partial charge in [0.2, 0.25) is 5.91 Å². The van der Waals surface area contributed by atoms with Crippen molar-refractivity contribution < 1.29 is 9.21 Å². The fourth-order valence-electron chi connectivity index (χ4n) is 2.53. The van der Waals surface area contributed by atoms with Crippen molar-refractivity contribution in [3.63, 3.8) is 0 Å². The molecule has 0 aliphatic carbocycles. The average molecular weight is 360 g/mol. The molecule has 1 amide bonds. The van der Waals surface area contributed by atoms with Crippen molar-refractivity contribution in [3.05, 3.63) is 81.4 Å². The Morgan fingerprint density at radius 2 is 2.04 bits per heavy atom. The van der Waals surface area contributed by atoms with Gasteiger partial charge in [-0.25, -0.2) is 0 Å². The van der Waals surface area contributed by atoms with Gasteiger partial charge in [0.1, 0.15) is 0 Å². The number of thiophene rings is 1. The second-order valence-corrected chi connectivity index (χ2v) is 7.06. The molecule has 0 spiro atoms. The highest BCUT2D eigenvalue weighted by molar-refractivity contribution is 7.09. The van der Waals surface area contributed by atoms with E-state index in [-0.39, 0.29) is 5.91 Å². The number of rotatable bonds is 7. The monoisotopic (exact) mass is 359 g/mol. The summed E-state index contributed by atoms with van der Waals surface area (Å²) in [5.41, 5.74) is 2.08. The number of halogens is 1. The molecule has 0 fully saturated rings. The molecular formula is C19H18ClNO2S. The van der Waals surface area contributed by atoms with Gasteiger partial charge in [-0.05, 0) is 41.6 Å². The first-order chi connectivity index (χ1) is 11.7. The third-order valence-electron chi connectivity index (χ3n) is 3.75. The van der Waals surface area contributed by atoms with Gasteiger partial charge < -0.3 is 9.32 Å². The Labute approximate surface area is 150 Å². The smallest absolute Gasteiger partial charge is 0.223 e. The van der Waals surface area contributed by atoms with Gasteiger partial charge in [-0.15, -0.1) is 11.3 Å². The van der Waals surface area contributed by atoms with Gasteiger partial charge >= 0.3 is 0 Å². The quantitative estimate of drug-likeness (QED) is 0.584. The summed E-state index contributed by atoms with van der Waals surface area (Å²) in [6, 6.07) is 13.6. The van der Waals surface area contributed by atoms with E-state index in [1.54, 1.807) is 23.9 Å². The zero-order valence-corrected chi connectivity index (χ0v) is 14.7. The van der Waals surface area contributed by atoms with Gasteiger partial charge in [0.15, 0.2) is 0 Å². The molecule has 1 aromatic carbocycles. The third-order valence-corrected chi connectivity index (χ3v) is 4.85. The van der Waals surface area contributed by atoms with Gasteiger partial charge in [-0.2, -0.15) is 0 Å². The Bertz CT molecular complexity index is 732. The minimum atomic E-state index is 0.129. The van der Waals surface area contributed by atoms with Gasteiger partial charge in [-0.3, -0.25) is 4.79 Å². The second kappa shape index (κ2) is 8.18. The van der Waals surface area contributed by atoms with Crippen LogP contribution in [0.2, 0.25) is 5.02 Å². The summed E-state index contributed by atoms with van der Waals surface area (Å²) in [5, 5.41) is 2.73. The molecule has 0 saturated heterocycles. The molecule has 0 aliphatic rings. The SMILES string of the molecule is O=C(CCc1cccc(Cl)c1)N(Cc1ccoc1)Cc1cccs1. The fraction of sp³-hybridized carbons (Fsp3) is 0.211. The first-order valence-electron chi connectivity index (χ1n) is 7.76. The first kappa shape index (κ1) is 16.8. The Kier molecular flexibility index (Phi) is 5.72. The number of hydrogen-bond acceptors (Lipinski definition) is 3. The van der Waals surface area contributed by atoms with Crippen LogP contribution in [0.25, 0.3) is 0 Å². The maximum absolute atomic E-state index is 12.7. The molecule has 3 rings (SSSR count). The lowest BCUT2D eigenvalue weighted by atomic mass is 10.1. The zero-order chi connectivity index (χ0) is 16.8. The minimum Gasteiger partial charge on any atom is -0.472 e.